The largest absolute Gasteiger partial charge is 0.397 e. The molecule has 0 aliphatic heterocycles. The van der Waals surface area contributed by atoms with E-state index >= 15 is 0 Å². The van der Waals surface area contributed by atoms with Gasteiger partial charge in [-0.2, -0.15) is 0 Å². The molecule has 3 N–H and O–H groups in total. The van der Waals surface area contributed by atoms with Crippen molar-refractivity contribution in [1.29, 1.82) is 0 Å². The summed E-state index contributed by atoms with van der Waals surface area (Å²) in [6.45, 7) is 3.94. The van der Waals surface area contributed by atoms with Crippen LogP contribution in [0.5, 0.6) is 0 Å². The van der Waals surface area contributed by atoms with Gasteiger partial charge in [-0.1, -0.05) is 12.1 Å². The van der Waals surface area contributed by atoms with Crippen LogP contribution in [0, 0.1) is 6.92 Å². The third kappa shape index (κ3) is 2.92. The molecule has 0 aliphatic carbocycles. The summed E-state index contributed by atoms with van der Waals surface area (Å²) >= 11 is 0. The molecular formula is C11H19N3. The topological polar surface area (TPSA) is 41.3 Å². The second-order valence-electron chi connectivity index (χ2n) is 3.77. The summed E-state index contributed by atoms with van der Waals surface area (Å²) < 4.78 is 0. The van der Waals surface area contributed by atoms with Crippen LogP contribution in [0.2, 0.25) is 0 Å². The highest BCUT2D eigenvalue weighted by molar-refractivity contribution is 5.69. The number of anilines is 2. The average Bonchev–Trinajstić information content (AvgIpc) is 2.12. The van der Waals surface area contributed by atoms with E-state index in [0.717, 1.165) is 30.0 Å². The standard InChI is InChI=1S/C11H19N3/c1-9-5-4-6-10(11(9)12)13-7-8-14(2)3/h4-6,13H,7-8,12H2,1-3H3. The number of hydrogen-bond acceptors (Lipinski definition) is 3. The molecule has 1 aromatic carbocycles. The molecule has 0 aromatic heterocycles. The van der Waals surface area contributed by atoms with Gasteiger partial charge < -0.3 is 16.0 Å². The van der Waals surface area contributed by atoms with E-state index in [1.165, 1.54) is 0 Å². The van der Waals surface area contributed by atoms with Gasteiger partial charge in [0.2, 0.25) is 0 Å². The van der Waals surface area contributed by atoms with Crippen molar-refractivity contribution < 1.29 is 0 Å². The maximum absolute atomic E-state index is 5.92. The molecule has 0 radical (unpaired) electrons. The number of benzene rings is 1. The minimum atomic E-state index is 0.853. The second kappa shape index (κ2) is 4.86. The molecule has 0 aliphatic rings. The fourth-order valence-corrected chi connectivity index (χ4v) is 1.25. The number of hydrogen-bond donors (Lipinski definition) is 2. The van der Waals surface area contributed by atoms with E-state index in [1.807, 2.05) is 25.1 Å². The molecule has 3 nitrogen and oxygen atoms in total. The number of nitrogens with two attached hydrogens (primary N) is 1. The number of nitrogen functional groups attached to an aromatic ring is 1. The van der Waals surface area contributed by atoms with Crippen molar-refractivity contribution >= 4 is 11.4 Å². The average molecular weight is 193 g/mol. The number of rotatable bonds is 4. The van der Waals surface area contributed by atoms with Crippen molar-refractivity contribution in [3.05, 3.63) is 23.8 Å². The number of likely N-dealkylation sites (N-methyl/N-ethyl adjacent to an activating group) is 1. The first-order valence-electron chi connectivity index (χ1n) is 4.85. The highest BCUT2D eigenvalue weighted by Gasteiger charge is 1.99. The lowest BCUT2D eigenvalue weighted by atomic mass is 10.2. The molecule has 0 bridgehead atoms. The second-order valence-corrected chi connectivity index (χ2v) is 3.77. The van der Waals surface area contributed by atoms with E-state index in [-0.39, 0.29) is 0 Å². The predicted molar refractivity (Wildman–Crippen MR) is 62.6 cm³/mol. The molecule has 3 heteroatoms. The minimum absolute atomic E-state index is 0.853. The SMILES string of the molecule is Cc1cccc(NCCN(C)C)c1N. The Morgan fingerprint density at radius 1 is 1.36 bits per heavy atom. The fraction of sp³-hybridized carbons (Fsp3) is 0.455. The van der Waals surface area contributed by atoms with Crippen molar-refractivity contribution in [1.82, 2.24) is 4.90 Å². The maximum Gasteiger partial charge on any atom is 0.0579 e. The van der Waals surface area contributed by atoms with Gasteiger partial charge in [0, 0.05) is 13.1 Å². The molecule has 0 unspecified atom stereocenters. The smallest absolute Gasteiger partial charge is 0.0579 e. The van der Waals surface area contributed by atoms with E-state index in [0.29, 0.717) is 0 Å². The number of nitrogens with zero attached hydrogens (tertiary/aromatic N) is 1. The normalized spacial score (nSPS) is 10.6. The molecule has 0 heterocycles. The molecule has 1 aromatic rings. The van der Waals surface area contributed by atoms with Crippen molar-refractivity contribution in [2.75, 3.05) is 38.2 Å². The van der Waals surface area contributed by atoms with Gasteiger partial charge in [0.1, 0.15) is 0 Å². The van der Waals surface area contributed by atoms with Crippen LogP contribution < -0.4 is 11.1 Å². The number of para-hydroxylation sites is 1. The molecule has 0 atom stereocenters. The first kappa shape index (κ1) is 10.9. The Morgan fingerprint density at radius 3 is 2.71 bits per heavy atom. The Kier molecular flexibility index (Phi) is 3.77. The van der Waals surface area contributed by atoms with Gasteiger partial charge in [0.05, 0.1) is 11.4 Å². The molecule has 0 saturated heterocycles. The lowest BCUT2D eigenvalue weighted by Gasteiger charge is -2.13. The van der Waals surface area contributed by atoms with Crippen LogP contribution in [0.4, 0.5) is 11.4 Å². The Hall–Kier alpha value is -1.22. The van der Waals surface area contributed by atoms with Crippen molar-refractivity contribution in [2.24, 2.45) is 0 Å². The summed E-state index contributed by atoms with van der Waals surface area (Å²) in [7, 11) is 4.11. The zero-order valence-electron chi connectivity index (χ0n) is 9.17. The first-order chi connectivity index (χ1) is 6.61. The molecule has 1 rings (SSSR count). The van der Waals surface area contributed by atoms with E-state index in [4.69, 9.17) is 5.73 Å². The van der Waals surface area contributed by atoms with E-state index in [1.54, 1.807) is 0 Å². The Balaban J connectivity index is 2.54. The summed E-state index contributed by atoms with van der Waals surface area (Å²) in [5, 5.41) is 3.32. The monoisotopic (exact) mass is 193 g/mol. The summed E-state index contributed by atoms with van der Waals surface area (Å²) in [6.07, 6.45) is 0. The van der Waals surface area contributed by atoms with E-state index in [9.17, 15) is 0 Å². The van der Waals surface area contributed by atoms with Crippen LogP contribution in [0.25, 0.3) is 0 Å². The molecule has 0 saturated carbocycles. The van der Waals surface area contributed by atoms with Crippen LogP contribution in [0.1, 0.15) is 5.56 Å². The van der Waals surface area contributed by atoms with Crippen molar-refractivity contribution in [3.8, 4) is 0 Å². The summed E-state index contributed by atoms with van der Waals surface area (Å²) in [5.74, 6) is 0. The maximum atomic E-state index is 5.92. The summed E-state index contributed by atoms with van der Waals surface area (Å²) in [4.78, 5) is 2.14. The van der Waals surface area contributed by atoms with Crippen LogP contribution >= 0.6 is 0 Å². The third-order valence-corrected chi connectivity index (χ3v) is 2.20. The zero-order chi connectivity index (χ0) is 10.6. The summed E-state index contributed by atoms with van der Waals surface area (Å²) in [6, 6.07) is 6.05. The Labute approximate surface area is 85.9 Å². The highest BCUT2D eigenvalue weighted by atomic mass is 15.1. The number of aryl methyl sites for hydroxylation is 1. The van der Waals surface area contributed by atoms with E-state index in [2.05, 4.69) is 24.3 Å². The minimum Gasteiger partial charge on any atom is -0.397 e. The van der Waals surface area contributed by atoms with Crippen LogP contribution in [0.15, 0.2) is 18.2 Å². The first-order valence-corrected chi connectivity index (χ1v) is 4.85. The van der Waals surface area contributed by atoms with Crippen LogP contribution in [-0.2, 0) is 0 Å². The fourth-order valence-electron chi connectivity index (χ4n) is 1.25. The van der Waals surface area contributed by atoms with Gasteiger partial charge in [-0.25, -0.2) is 0 Å². The Bertz CT molecular complexity index is 295. The molecule has 0 spiro atoms. The molecular weight excluding hydrogens is 174 g/mol. The summed E-state index contributed by atoms with van der Waals surface area (Å²) in [5.41, 5.74) is 8.94. The molecule has 78 valence electrons. The molecule has 0 amide bonds. The van der Waals surface area contributed by atoms with Crippen LogP contribution in [0.3, 0.4) is 0 Å². The van der Waals surface area contributed by atoms with Crippen molar-refractivity contribution in [3.63, 3.8) is 0 Å². The van der Waals surface area contributed by atoms with Crippen LogP contribution in [-0.4, -0.2) is 32.1 Å². The quantitative estimate of drug-likeness (QED) is 0.713. The predicted octanol–water partition coefficient (Wildman–Crippen LogP) is 1.55. The van der Waals surface area contributed by atoms with Gasteiger partial charge in [-0.05, 0) is 32.6 Å². The third-order valence-electron chi connectivity index (χ3n) is 2.20. The van der Waals surface area contributed by atoms with Crippen molar-refractivity contribution in [2.45, 2.75) is 6.92 Å². The number of nitrogens with one attached hydrogen (secondary N) is 1. The van der Waals surface area contributed by atoms with Gasteiger partial charge >= 0.3 is 0 Å². The van der Waals surface area contributed by atoms with Gasteiger partial charge in [-0.15, -0.1) is 0 Å². The Morgan fingerprint density at radius 2 is 2.07 bits per heavy atom. The molecule has 14 heavy (non-hydrogen) atoms. The highest BCUT2D eigenvalue weighted by Crippen LogP contribution is 2.21. The van der Waals surface area contributed by atoms with Gasteiger partial charge in [0.25, 0.3) is 0 Å². The van der Waals surface area contributed by atoms with Gasteiger partial charge in [-0.3, -0.25) is 0 Å². The molecule has 0 fully saturated rings. The van der Waals surface area contributed by atoms with E-state index < -0.39 is 0 Å². The lowest BCUT2D eigenvalue weighted by Crippen LogP contribution is -2.21. The lowest BCUT2D eigenvalue weighted by molar-refractivity contribution is 0.425. The zero-order valence-corrected chi connectivity index (χ0v) is 9.17. The van der Waals surface area contributed by atoms with Gasteiger partial charge in [0.15, 0.2) is 0 Å².